The minimum absolute atomic E-state index is 0.0112. The highest BCUT2D eigenvalue weighted by molar-refractivity contribution is 7.17. The number of nitrogens with one attached hydrogen (secondary N) is 1. The van der Waals surface area contributed by atoms with Crippen LogP contribution in [0.3, 0.4) is 0 Å². The van der Waals surface area contributed by atoms with Crippen molar-refractivity contribution in [2.24, 2.45) is 23.2 Å². The van der Waals surface area contributed by atoms with Crippen molar-refractivity contribution in [1.82, 2.24) is 10.2 Å². The maximum atomic E-state index is 13.5. The number of carbonyl (C=O) groups is 3. The first-order valence-corrected chi connectivity index (χ1v) is 15.6. The van der Waals surface area contributed by atoms with Gasteiger partial charge in [0.2, 0.25) is 5.91 Å². The van der Waals surface area contributed by atoms with Gasteiger partial charge in [0.05, 0.1) is 5.69 Å². The Morgan fingerprint density at radius 3 is 2.15 bits per heavy atom. The van der Waals surface area contributed by atoms with E-state index in [1.807, 2.05) is 6.07 Å². The third kappa shape index (κ3) is 7.27. The minimum Gasteiger partial charge on any atom is -0.478 e. The summed E-state index contributed by atoms with van der Waals surface area (Å²) in [7, 11) is 0. The second kappa shape index (κ2) is 12.9. The summed E-state index contributed by atoms with van der Waals surface area (Å²) in [5.74, 6) is 0.185. The molecule has 4 saturated carbocycles. The molecule has 1 aromatic carbocycles. The molecule has 2 aromatic rings. The lowest BCUT2D eigenvalue weighted by molar-refractivity contribution is -0.146. The van der Waals surface area contributed by atoms with Crippen molar-refractivity contribution < 1.29 is 29.0 Å². The molecule has 7 rings (SSSR count). The Bertz CT molecular complexity index is 1230. The van der Waals surface area contributed by atoms with Crippen LogP contribution in [0.15, 0.2) is 35.7 Å². The van der Waals surface area contributed by atoms with Crippen LogP contribution in [-0.4, -0.2) is 72.2 Å². The number of hydrogen-bond acceptors (Lipinski definition) is 6. The van der Waals surface area contributed by atoms with Gasteiger partial charge in [-0.25, -0.2) is 14.0 Å². The van der Waals surface area contributed by atoms with E-state index < -0.39 is 11.9 Å². The van der Waals surface area contributed by atoms with Crippen LogP contribution in [0.2, 0.25) is 0 Å². The number of carboxylic acid groups (broad SMARTS) is 2. The summed E-state index contributed by atoms with van der Waals surface area (Å²) in [4.78, 5) is 37.2. The summed E-state index contributed by atoms with van der Waals surface area (Å²) in [5.41, 5.74) is 1.24. The summed E-state index contributed by atoms with van der Waals surface area (Å²) < 4.78 is 14.5. The van der Waals surface area contributed by atoms with E-state index in [0.717, 1.165) is 93.8 Å². The van der Waals surface area contributed by atoms with Crippen LogP contribution in [0.4, 0.5) is 10.1 Å². The van der Waals surface area contributed by atoms with Gasteiger partial charge in [-0.3, -0.25) is 9.69 Å². The molecule has 8 nitrogen and oxygen atoms in total. The third-order valence-electron chi connectivity index (χ3n) is 9.31. The molecular formula is C31H40FN3O5S. The molecule has 3 N–H and O–H groups in total. The van der Waals surface area contributed by atoms with Gasteiger partial charge < -0.3 is 20.4 Å². The smallest absolute Gasteiger partial charge is 0.328 e. The van der Waals surface area contributed by atoms with Gasteiger partial charge in [-0.2, -0.15) is 0 Å². The maximum Gasteiger partial charge on any atom is 0.328 e. The van der Waals surface area contributed by atoms with Crippen LogP contribution in [0.1, 0.15) is 51.4 Å². The van der Waals surface area contributed by atoms with Gasteiger partial charge in [-0.05, 0) is 93.9 Å². The number of piperazine rings is 1. The number of amides is 1. The van der Waals surface area contributed by atoms with Gasteiger partial charge in [0.1, 0.15) is 5.82 Å². The molecule has 1 aromatic heterocycles. The Morgan fingerprint density at radius 1 is 0.951 bits per heavy atom. The van der Waals surface area contributed by atoms with Crippen molar-refractivity contribution in [1.29, 1.82) is 0 Å². The molecule has 0 radical (unpaired) electrons. The topological polar surface area (TPSA) is 110 Å². The number of aliphatic carboxylic acids is 2. The van der Waals surface area contributed by atoms with E-state index >= 15 is 0 Å². The van der Waals surface area contributed by atoms with Crippen molar-refractivity contribution in [2.75, 3.05) is 44.2 Å². The SMILES string of the molecule is O=C(NCCCCN1CCN(c2csc3cc(F)ccc23)CC1)C12CC3CC(CC(C3)C1)C2.O=C(O)C=CC(=O)O. The zero-order valence-electron chi connectivity index (χ0n) is 23.4. The molecule has 0 unspecified atom stereocenters. The Kier molecular flexibility index (Phi) is 9.28. The first-order valence-electron chi connectivity index (χ1n) is 14.8. The van der Waals surface area contributed by atoms with Gasteiger partial charge in [0.25, 0.3) is 0 Å². The molecular weight excluding hydrogens is 545 g/mol. The molecule has 1 saturated heterocycles. The number of hydrogen-bond donors (Lipinski definition) is 3. The lowest BCUT2D eigenvalue weighted by Crippen LogP contribution is -2.53. The molecule has 10 heteroatoms. The minimum atomic E-state index is -1.26. The number of unbranched alkanes of at least 4 members (excludes halogenated alkanes) is 1. The summed E-state index contributed by atoms with van der Waals surface area (Å²) in [6.07, 6.45) is 11.0. The third-order valence-corrected chi connectivity index (χ3v) is 10.2. The van der Waals surface area contributed by atoms with Crippen LogP contribution in [0.5, 0.6) is 0 Å². The molecule has 0 atom stereocenters. The van der Waals surface area contributed by atoms with Gasteiger partial charge in [0, 0.05) is 65.8 Å². The van der Waals surface area contributed by atoms with E-state index in [2.05, 4.69) is 20.5 Å². The first kappa shape index (κ1) is 29.5. The summed E-state index contributed by atoms with van der Waals surface area (Å²) >= 11 is 1.63. The molecule has 4 aliphatic carbocycles. The quantitative estimate of drug-likeness (QED) is 0.281. The predicted molar refractivity (Wildman–Crippen MR) is 158 cm³/mol. The van der Waals surface area contributed by atoms with E-state index in [-0.39, 0.29) is 11.2 Å². The standard InChI is InChI=1S/C27H36FN3OS.C4H4O4/c28-22-3-4-23-24(18-33-25(23)14-22)31-9-7-30(8-10-31)6-2-1-5-29-26(32)27-15-19-11-20(16-27)13-21(12-19)17-27;5-3(6)1-2-4(7)8/h3-4,14,18-21H,1-2,5-13,15-17H2,(H,29,32);1-2H,(H,5,6)(H,7,8). The van der Waals surface area contributed by atoms with E-state index in [1.165, 1.54) is 30.3 Å². The number of fused-ring (bicyclic) bond motifs is 1. The second-order valence-electron chi connectivity index (χ2n) is 12.3. The molecule has 2 heterocycles. The average molecular weight is 586 g/mol. The molecule has 5 fully saturated rings. The van der Waals surface area contributed by atoms with Crippen LogP contribution < -0.4 is 10.2 Å². The van der Waals surface area contributed by atoms with Crippen LogP contribution >= 0.6 is 11.3 Å². The monoisotopic (exact) mass is 585 g/mol. The number of anilines is 1. The Hall–Kier alpha value is -2.98. The number of carbonyl (C=O) groups excluding carboxylic acids is 1. The van der Waals surface area contributed by atoms with Crippen molar-refractivity contribution in [3.05, 3.63) is 41.5 Å². The van der Waals surface area contributed by atoms with Crippen LogP contribution in [0, 0.1) is 29.0 Å². The molecule has 41 heavy (non-hydrogen) atoms. The van der Waals surface area contributed by atoms with Crippen molar-refractivity contribution in [3.63, 3.8) is 0 Å². The number of thiophene rings is 1. The number of halogens is 1. The Morgan fingerprint density at radius 2 is 1.56 bits per heavy atom. The van der Waals surface area contributed by atoms with Crippen molar-refractivity contribution >= 4 is 45.0 Å². The average Bonchev–Trinajstić information content (AvgIpc) is 3.34. The lowest BCUT2D eigenvalue weighted by Gasteiger charge is -2.55. The first-order chi connectivity index (χ1) is 19.7. The highest BCUT2D eigenvalue weighted by atomic mass is 32.1. The number of benzene rings is 1. The maximum absolute atomic E-state index is 13.5. The van der Waals surface area contributed by atoms with E-state index in [1.54, 1.807) is 23.5 Å². The molecule has 4 bridgehead atoms. The van der Waals surface area contributed by atoms with Crippen molar-refractivity contribution in [3.8, 4) is 0 Å². The lowest BCUT2D eigenvalue weighted by atomic mass is 9.49. The zero-order valence-corrected chi connectivity index (χ0v) is 24.2. The van der Waals surface area contributed by atoms with Gasteiger partial charge in [-0.1, -0.05) is 0 Å². The highest BCUT2D eigenvalue weighted by Gasteiger charge is 2.54. The number of carboxylic acids is 2. The Labute approximate surface area is 244 Å². The van der Waals surface area contributed by atoms with Gasteiger partial charge in [0.15, 0.2) is 0 Å². The normalized spacial score (nSPS) is 27.1. The number of rotatable bonds is 9. The summed E-state index contributed by atoms with van der Waals surface area (Å²) in [5, 5.41) is 22.3. The molecule has 1 aliphatic heterocycles. The predicted octanol–water partition coefficient (Wildman–Crippen LogP) is 4.99. The van der Waals surface area contributed by atoms with E-state index in [0.29, 0.717) is 18.1 Å². The fraction of sp³-hybridized carbons (Fsp3) is 0.581. The van der Waals surface area contributed by atoms with E-state index in [4.69, 9.17) is 10.2 Å². The summed E-state index contributed by atoms with van der Waals surface area (Å²) in [6, 6.07) is 5.12. The van der Waals surface area contributed by atoms with E-state index in [9.17, 15) is 18.8 Å². The largest absolute Gasteiger partial charge is 0.478 e. The fourth-order valence-electron chi connectivity index (χ4n) is 7.83. The van der Waals surface area contributed by atoms with Crippen LogP contribution in [-0.2, 0) is 14.4 Å². The van der Waals surface area contributed by atoms with Gasteiger partial charge >= 0.3 is 11.9 Å². The van der Waals surface area contributed by atoms with Crippen LogP contribution in [0.25, 0.3) is 10.1 Å². The highest BCUT2D eigenvalue weighted by Crippen LogP contribution is 2.60. The Balaban J connectivity index is 0.000000372. The van der Waals surface area contributed by atoms with Gasteiger partial charge in [-0.15, -0.1) is 11.3 Å². The molecule has 1 amide bonds. The molecule has 0 spiro atoms. The van der Waals surface area contributed by atoms with Crippen molar-refractivity contribution in [2.45, 2.75) is 51.4 Å². The second-order valence-corrected chi connectivity index (χ2v) is 13.2. The fourth-order valence-corrected chi connectivity index (χ4v) is 8.82. The molecule has 5 aliphatic rings. The summed E-state index contributed by atoms with van der Waals surface area (Å²) in [6.45, 7) is 6.11. The molecule has 222 valence electrons. The zero-order chi connectivity index (χ0) is 29.0. The number of nitrogens with zero attached hydrogens (tertiary/aromatic N) is 2.